The topological polar surface area (TPSA) is 145 Å². The molecule has 0 aliphatic rings. The second kappa shape index (κ2) is 10.8. The Kier molecular flexibility index (Phi) is 8.46. The van der Waals surface area contributed by atoms with Gasteiger partial charge in [0, 0.05) is 5.56 Å². The van der Waals surface area contributed by atoms with Crippen LogP contribution in [0.5, 0.6) is 0 Å². The number of carbonyl (C=O) groups is 2. The predicted molar refractivity (Wildman–Crippen MR) is 112 cm³/mol. The highest BCUT2D eigenvalue weighted by molar-refractivity contribution is 6.43. The molecule has 3 atom stereocenters. The fourth-order valence-electron chi connectivity index (χ4n) is 2.88. The van der Waals surface area contributed by atoms with E-state index in [1.165, 1.54) is 19.3 Å². The van der Waals surface area contributed by atoms with Crippen molar-refractivity contribution < 1.29 is 24.7 Å². The van der Waals surface area contributed by atoms with Gasteiger partial charge in [-0.2, -0.15) is 0 Å². The van der Waals surface area contributed by atoms with Gasteiger partial charge < -0.3 is 25.8 Å². The van der Waals surface area contributed by atoms with Gasteiger partial charge in [0.1, 0.15) is 11.7 Å². The van der Waals surface area contributed by atoms with Gasteiger partial charge in [-0.25, -0.2) is 4.98 Å². The Morgan fingerprint density at radius 2 is 1.73 bits per heavy atom. The monoisotopic (exact) mass is 414 g/mol. The predicted octanol–water partition coefficient (Wildman–Crippen LogP) is 0.166. The maximum absolute atomic E-state index is 12.6. The average molecular weight is 414 g/mol. The molecule has 0 aliphatic heterocycles. The minimum Gasteiger partial charge on any atom is -0.426 e. The number of amides is 2. The van der Waals surface area contributed by atoms with E-state index in [9.17, 15) is 24.7 Å². The van der Waals surface area contributed by atoms with Crippen LogP contribution in [0.4, 0.5) is 0 Å². The van der Waals surface area contributed by atoms with Crippen LogP contribution in [0.25, 0.3) is 11.3 Å². The molecule has 30 heavy (non-hydrogen) atoms. The molecule has 1 heterocycles. The summed E-state index contributed by atoms with van der Waals surface area (Å²) in [5, 5.41) is 33.9. The van der Waals surface area contributed by atoms with Crippen molar-refractivity contribution in [1.29, 1.82) is 0 Å². The van der Waals surface area contributed by atoms with E-state index in [4.69, 9.17) is 0 Å². The van der Waals surface area contributed by atoms with E-state index in [1.807, 2.05) is 44.2 Å². The van der Waals surface area contributed by atoms with Gasteiger partial charge in [-0.15, -0.1) is 0 Å². The van der Waals surface area contributed by atoms with Gasteiger partial charge in [-0.1, -0.05) is 44.2 Å². The molecule has 2 aromatic rings. The molecule has 0 aliphatic carbocycles. The van der Waals surface area contributed by atoms with E-state index < -0.39 is 37.0 Å². The number of hydrogen-bond donors (Lipinski definition) is 5. The van der Waals surface area contributed by atoms with Crippen molar-refractivity contribution in [1.82, 2.24) is 20.6 Å². The molecule has 1 unspecified atom stereocenters. The zero-order chi connectivity index (χ0) is 22.3. The first-order valence-corrected chi connectivity index (χ1v) is 9.72. The fourth-order valence-corrected chi connectivity index (χ4v) is 2.88. The van der Waals surface area contributed by atoms with Gasteiger partial charge in [0.2, 0.25) is 5.91 Å². The Bertz CT molecular complexity index is 848. The quantitative estimate of drug-likeness (QED) is 0.368. The van der Waals surface area contributed by atoms with E-state index >= 15 is 0 Å². The van der Waals surface area contributed by atoms with Crippen molar-refractivity contribution in [2.75, 3.05) is 0 Å². The highest BCUT2D eigenvalue weighted by atomic mass is 16.4. The molecule has 2 amide bonds. The van der Waals surface area contributed by atoms with Crippen molar-refractivity contribution in [2.45, 2.75) is 45.3 Å². The van der Waals surface area contributed by atoms with E-state index in [0.717, 1.165) is 5.56 Å². The molecule has 0 radical (unpaired) electrons. The Morgan fingerprint density at radius 1 is 1.07 bits per heavy atom. The number of aliphatic hydroxyl groups is 1. The van der Waals surface area contributed by atoms with Crippen molar-refractivity contribution in [2.24, 2.45) is 5.92 Å². The normalized spacial score (nSPS) is 14.0. The molecule has 1 aromatic carbocycles. The van der Waals surface area contributed by atoms with Crippen molar-refractivity contribution in [3.05, 3.63) is 48.4 Å². The lowest BCUT2D eigenvalue weighted by atomic mass is 9.75. The van der Waals surface area contributed by atoms with Gasteiger partial charge >= 0.3 is 7.12 Å². The van der Waals surface area contributed by atoms with Crippen LogP contribution in [0.15, 0.2) is 42.7 Å². The number of rotatable bonds is 9. The summed E-state index contributed by atoms with van der Waals surface area (Å²) in [6, 6.07) is 7.86. The number of nitrogens with one attached hydrogen (secondary N) is 2. The lowest BCUT2D eigenvalue weighted by Gasteiger charge is -2.25. The van der Waals surface area contributed by atoms with Crippen LogP contribution in [0.2, 0.25) is 0 Å². The Balaban J connectivity index is 2.14. The second-order valence-corrected chi connectivity index (χ2v) is 7.51. The molecule has 0 fully saturated rings. The van der Waals surface area contributed by atoms with E-state index in [1.54, 1.807) is 0 Å². The third-order valence-electron chi connectivity index (χ3n) is 4.40. The molecule has 9 nitrogen and oxygen atoms in total. The van der Waals surface area contributed by atoms with E-state index in [-0.39, 0.29) is 11.6 Å². The first-order valence-electron chi connectivity index (χ1n) is 9.72. The van der Waals surface area contributed by atoms with Gasteiger partial charge in [-0.05, 0) is 19.3 Å². The molecule has 0 bridgehead atoms. The summed E-state index contributed by atoms with van der Waals surface area (Å²) in [6.45, 7) is 5.09. The number of benzene rings is 1. The van der Waals surface area contributed by atoms with Crippen LogP contribution >= 0.6 is 0 Å². The summed E-state index contributed by atoms with van der Waals surface area (Å²) in [6.07, 6.45) is 1.87. The standard InChI is InChI=1S/C20H27BN4O5/c1-12(2)9-17(21(29)30)24-20(28)18(13(3)26)25-19(27)16-11-22-10-15(23-16)14-7-5-4-6-8-14/h4-8,10-13,17-18,26,29-30H,9H2,1-3H3,(H,24,28)(H,25,27)/t13-,17+,18?/m1/s1. The van der Waals surface area contributed by atoms with Gasteiger partial charge in [-0.3, -0.25) is 14.6 Å². The van der Waals surface area contributed by atoms with Gasteiger partial charge in [0.05, 0.1) is 30.1 Å². The Morgan fingerprint density at radius 3 is 2.30 bits per heavy atom. The van der Waals surface area contributed by atoms with E-state index in [2.05, 4.69) is 20.6 Å². The molecular formula is C20H27BN4O5. The number of aliphatic hydroxyl groups excluding tert-OH is 1. The van der Waals surface area contributed by atoms with Crippen LogP contribution in [0, 0.1) is 5.92 Å². The highest BCUT2D eigenvalue weighted by Crippen LogP contribution is 2.15. The van der Waals surface area contributed by atoms with Crippen molar-refractivity contribution >= 4 is 18.9 Å². The number of aromatic nitrogens is 2. The second-order valence-electron chi connectivity index (χ2n) is 7.51. The molecule has 2 rings (SSSR count). The van der Waals surface area contributed by atoms with Crippen LogP contribution in [-0.4, -0.2) is 62.1 Å². The third kappa shape index (κ3) is 6.62. The summed E-state index contributed by atoms with van der Waals surface area (Å²) in [7, 11) is -1.77. The molecule has 1 aromatic heterocycles. The Labute approximate surface area is 175 Å². The number of carbonyl (C=O) groups excluding carboxylic acids is 2. The molecule has 10 heteroatoms. The van der Waals surface area contributed by atoms with Crippen molar-refractivity contribution in [3.63, 3.8) is 0 Å². The molecule has 0 spiro atoms. The number of hydrogen-bond acceptors (Lipinski definition) is 7. The SMILES string of the molecule is CC(C)C[C@H](NC(=O)C(NC(=O)c1cncc(-c2ccccc2)n1)[C@@H](C)O)B(O)O. The highest BCUT2D eigenvalue weighted by Gasteiger charge is 2.32. The summed E-state index contributed by atoms with van der Waals surface area (Å²) >= 11 is 0. The number of nitrogens with zero attached hydrogens (tertiary/aromatic N) is 2. The maximum Gasteiger partial charge on any atom is 0.475 e. The first kappa shape index (κ1) is 23.5. The third-order valence-corrected chi connectivity index (χ3v) is 4.40. The summed E-state index contributed by atoms with van der Waals surface area (Å²) in [5.41, 5.74) is 1.25. The smallest absolute Gasteiger partial charge is 0.426 e. The minimum absolute atomic E-state index is 0.0178. The first-order chi connectivity index (χ1) is 14.2. The fraction of sp³-hybridized carbons (Fsp3) is 0.400. The molecule has 0 saturated heterocycles. The minimum atomic E-state index is -1.77. The maximum atomic E-state index is 12.6. The van der Waals surface area contributed by atoms with Gasteiger partial charge in [0.25, 0.3) is 5.91 Å². The lowest BCUT2D eigenvalue weighted by molar-refractivity contribution is -0.125. The van der Waals surface area contributed by atoms with Crippen LogP contribution in [0.1, 0.15) is 37.7 Å². The summed E-state index contributed by atoms with van der Waals surface area (Å²) in [4.78, 5) is 33.5. The van der Waals surface area contributed by atoms with Crippen LogP contribution in [0.3, 0.4) is 0 Å². The average Bonchev–Trinajstić information content (AvgIpc) is 2.71. The molecule has 160 valence electrons. The van der Waals surface area contributed by atoms with Crippen LogP contribution < -0.4 is 10.6 Å². The zero-order valence-electron chi connectivity index (χ0n) is 17.2. The largest absolute Gasteiger partial charge is 0.475 e. The molecular weight excluding hydrogens is 387 g/mol. The van der Waals surface area contributed by atoms with Gasteiger partial charge in [0.15, 0.2) is 0 Å². The lowest BCUT2D eigenvalue weighted by Crippen LogP contribution is -2.57. The summed E-state index contributed by atoms with van der Waals surface area (Å²) in [5.74, 6) is -2.26. The molecule has 0 saturated carbocycles. The van der Waals surface area contributed by atoms with Crippen molar-refractivity contribution in [3.8, 4) is 11.3 Å². The van der Waals surface area contributed by atoms with E-state index in [0.29, 0.717) is 12.1 Å². The summed E-state index contributed by atoms with van der Waals surface area (Å²) < 4.78 is 0. The zero-order valence-corrected chi connectivity index (χ0v) is 17.2. The van der Waals surface area contributed by atoms with Crippen LogP contribution in [-0.2, 0) is 4.79 Å². The Hall–Kier alpha value is -2.82. The molecule has 5 N–H and O–H groups in total.